The zero-order chi connectivity index (χ0) is 16.9. The molecule has 1 N–H and O–H groups in total. The summed E-state index contributed by atoms with van der Waals surface area (Å²) in [6.45, 7) is 0.957. The number of nitrogens with zero attached hydrogens (tertiary/aromatic N) is 3. The highest BCUT2D eigenvalue weighted by Gasteiger charge is 2.17. The third-order valence-electron chi connectivity index (χ3n) is 3.78. The van der Waals surface area contributed by atoms with Gasteiger partial charge in [-0.1, -0.05) is 23.7 Å². The number of hydrogen-bond acceptors (Lipinski definition) is 3. The molecule has 0 aliphatic rings. The van der Waals surface area contributed by atoms with Gasteiger partial charge in [-0.15, -0.1) is 0 Å². The van der Waals surface area contributed by atoms with Crippen LogP contribution in [0, 0.1) is 0 Å². The Balaban J connectivity index is 1.84. The number of aliphatic hydroxyl groups excluding tert-OH is 1. The van der Waals surface area contributed by atoms with Gasteiger partial charge in [0.15, 0.2) is 0 Å². The summed E-state index contributed by atoms with van der Waals surface area (Å²) in [5.41, 5.74) is 2.26. The van der Waals surface area contributed by atoms with E-state index >= 15 is 0 Å². The molecular formula is C18H18ClN3O2. The van der Waals surface area contributed by atoms with Gasteiger partial charge in [0.25, 0.3) is 5.91 Å². The first-order valence-corrected chi connectivity index (χ1v) is 8.12. The van der Waals surface area contributed by atoms with E-state index in [0.29, 0.717) is 30.1 Å². The number of benzene rings is 1. The topological polar surface area (TPSA) is 57.8 Å². The maximum Gasteiger partial charge on any atom is 0.254 e. The quantitative estimate of drug-likeness (QED) is 0.748. The Morgan fingerprint density at radius 1 is 1.25 bits per heavy atom. The number of imidazole rings is 1. The van der Waals surface area contributed by atoms with Gasteiger partial charge in [-0.2, -0.15) is 0 Å². The highest BCUT2D eigenvalue weighted by Crippen LogP contribution is 2.16. The van der Waals surface area contributed by atoms with Crippen molar-refractivity contribution in [3.63, 3.8) is 0 Å². The largest absolute Gasteiger partial charge is 0.396 e. The fourth-order valence-electron chi connectivity index (χ4n) is 2.60. The Hall–Kier alpha value is -2.37. The summed E-state index contributed by atoms with van der Waals surface area (Å²) in [6, 6.07) is 11.0. The van der Waals surface area contributed by atoms with Crippen LogP contribution in [0.5, 0.6) is 0 Å². The lowest BCUT2D eigenvalue weighted by Crippen LogP contribution is -2.32. The zero-order valence-corrected chi connectivity index (χ0v) is 13.9. The van der Waals surface area contributed by atoms with Gasteiger partial charge < -0.3 is 14.4 Å². The molecule has 124 valence electrons. The van der Waals surface area contributed by atoms with Crippen molar-refractivity contribution < 1.29 is 9.90 Å². The van der Waals surface area contributed by atoms with Crippen molar-refractivity contribution in [2.75, 3.05) is 13.2 Å². The molecule has 0 spiro atoms. The molecule has 2 aromatic heterocycles. The van der Waals surface area contributed by atoms with Gasteiger partial charge in [0, 0.05) is 48.9 Å². The molecule has 0 radical (unpaired) electrons. The van der Waals surface area contributed by atoms with Crippen molar-refractivity contribution >= 4 is 23.2 Å². The van der Waals surface area contributed by atoms with Crippen LogP contribution in [0.4, 0.5) is 0 Å². The average molecular weight is 344 g/mol. The molecule has 3 aromatic rings. The number of fused-ring (bicyclic) bond motifs is 1. The van der Waals surface area contributed by atoms with Crippen LogP contribution in [0.2, 0.25) is 5.02 Å². The standard InChI is InChI=1S/C18H18ClN3O2/c19-16-4-1-3-14(11-16)13-22(7-2-10-23)18(24)15-5-8-21-9-6-20-17(21)12-15/h1,3-6,8-9,11-12,23H,2,7,10,13H2. The van der Waals surface area contributed by atoms with E-state index in [4.69, 9.17) is 16.7 Å². The first-order valence-electron chi connectivity index (χ1n) is 7.74. The maximum absolute atomic E-state index is 12.9. The van der Waals surface area contributed by atoms with Crippen molar-refractivity contribution in [1.82, 2.24) is 14.3 Å². The number of amides is 1. The number of carbonyl (C=O) groups is 1. The molecule has 0 aliphatic heterocycles. The van der Waals surface area contributed by atoms with Crippen LogP contribution in [-0.2, 0) is 6.54 Å². The van der Waals surface area contributed by atoms with E-state index in [2.05, 4.69) is 4.98 Å². The molecule has 3 rings (SSSR count). The van der Waals surface area contributed by atoms with Gasteiger partial charge >= 0.3 is 0 Å². The summed E-state index contributed by atoms with van der Waals surface area (Å²) in [6.07, 6.45) is 5.87. The fourth-order valence-corrected chi connectivity index (χ4v) is 2.81. The molecule has 2 heterocycles. The molecule has 0 saturated heterocycles. The van der Waals surface area contributed by atoms with Crippen LogP contribution >= 0.6 is 11.6 Å². The number of carbonyl (C=O) groups excluding carboxylic acids is 1. The Kier molecular flexibility index (Phi) is 5.13. The molecule has 1 aromatic carbocycles. The number of pyridine rings is 1. The molecule has 6 heteroatoms. The Morgan fingerprint density at radius 3 is 2.92 bits per heavy atom. The summed E-state index contributed by atoms with van der Waals surface area (Å²) in [5.74, 6) is -0.0890. The number of aliphatic hydroxyl groups is 1. The van der Waals surface area contributed by atoms with Crippen LogP contribution in [0.15, 0.2) is 55.0 Å². The van der Waals surface area contributed by atoms with E-state index < -0.39 is 0 Å². The monoisotopic (exact) mass is 343 g/mol. The molecule has 0 saturated carbocycles. The second-order valence-electron chi connectivity index (χ2n) is 5.54. The van der Waals surface area contributed by atoms with Gasteiger partial charge in [0.1, 0.15) is 5.65 Å². The first-order chi connectivity index (χ1) is 11.7. The molecule has 5 nitrogen and oxygen atoms in total. The predicted octanol–water partition coefficient (Wildman–Crippen LogP) is 3.01. The molecule has 24 heavy (non-hydrogen) atoms. The summed E-state index contributed by atoms with van der Waals surface area (Å²) < 4.78 is 1.85. The summed E-state index contributed by atoms with van der Waals surface area (Å²) in [7, 11) is 0. The van der Waals surface area contributed by atoms with E-state index in [1.54, 1.807) is 29.3 Å². The second-order valence-corrected chi connectivity index (χ2v) is 5.98. The van der Waals surface area contributed by atoms with Gasteiger partial charge in [0.05, 0.1) is 0 Å². The molecule has 0 atom stereocenters. The second kappa shape index (κ2) is 7.47. The number of hydrogen-bond donors (Lipinski definition) is 1. The van der Waals surface area contributed by atoms with Crippen molar-refractivity contribution in [1.29, 1.82) is 0 Å². The van der Waals surface area contributed by atoms with Gasteiger partial charge in [-0.05, 0) is 36.2 Å². The predicted molar refractivity (Wildman–Crippen MR) is 93.1 cm³/mol. The highest BCUT2D eigenvalue weighted by molar-refractivity contribution is 6.30. The molecule has 1 amide bonds. The minimum Gasteiger partial charge on any atom is -0.396 e. The van der Waals surface area contributed by atoms with Gasteiger partial charge in [0.2, 0.25) is 0 Å². The molecule has 0 fully saturated rings. The number of rotatable bonds is 6. The van der Waals surface area contributed by atoms with Gasteiger partial charge in [-0.25, -0.2) is 4.98 Å². The van der Waals surface area contributed by atoms with E-state index in [1.165, 1.54) is 0 Å². The van der Waals surface area contributed by atoms with E-state index in [-0.39, 0.29) is 12.5 Å². The summed E-state index contributed by atoms with van der Waals surface area (Å²) >= 11 is 6.03. The lowest BCUT2D eigenvalue weighted by Gasteiger charge is -2.23. The van der Waals surface area contributed by atoms with Crippen LogP contribution in [0.1, 0.15) is 22.3 Å². The lowest BCUT2D eigenvalue weighted by atomic mass is 10.1. The van der Waals surface area contributed by atoms with Gasteiger partial charge in [-0.3, -0.25) is 4.79 Å². The van der Waals surface area contributed by atoms with E-state index in [9.17, 15) is 4.79 Å². The smallest absolute Gasteiger partial charge is 0.254 e. The third-order valence-corrected chi connectivity index (χ3v) is 4.02. The van der Waals surface area contributed by atoms with Crippen LogP contribution in [-0.4, -0.2) is 38.4 Å². The molecule has 0 bridgehead atoms. The Labute approximate surface area is 145 Å². The normalized spacial score (nSPS) is 10.9. The highest BCUT2D eigenvalue weighted by atomic mass is 35.5. The molecule has 0 unspecified atom stereocenters. The molecular weight excluding hydrogens is 326 g/mol. The van der Waals surface area contributed by atoms with Crippen molar-refractivity contribution in [2.45, 2.75) is 13.0 Å². The number of aromatic nitrogens is 2. The molecule has 0 aliphatic carbocycles. The van der Waals surface area contributed by atoms with Crippen LogP contribution < -0.4 is 0 Å². The van der Waals surface area contributed by atoms with E-state index in [0.717, 1.165) is 11.2 Å². The lowest BCUT2D eigenvalue weighted by molar-refractivity contribution is 0.0732. The Morgan fingerprint density at radius 2 is 2.12 bits per heavy atom. The summed E-state index contributed by atoms with van der Waals surface area (Å²) in [5, 5.41) is 9.76. The van der Waals surface area contributed by atoms with Crippen molar-refractivity contribution in [3.8, 4) is 0 Å². The first kappa shape index (κ1) is 16.5. The SMILES string of the molecule is O=C(c1ccn2ccnc2c1)N(CCCO)Cc1cccc(Cl)c1. The van der Waals surface area contributed by atoms with E-state index in [1.807, 2.05) is 35.0 Å². The zero-order valence-electron chi connectivity index (χ0n) is 13.1. The Bertz CT molecular complexity index is 847. The van der Waals surface area contributed by atoms with Crippen LogP contribution in [0.25, 0.3) is 5.65 Å². The van der Waals surface area contributed by atoms with Crippen molar-refractivity contribution in [3.05, 3.63) is 71.1 Å². The average Bonchev–Trinajstić information content (AvgIpc) is 3.05. The minimum absolute atomic E-state index is 0.0403. The van der Waals surface area contributed by atoms with Crippen LogP contribution in [0.3, 0.4) is 0 Å². The maximum atomic E-state index is 12.9. The number of halogens is 1. The summed E-state index contributed by atoms with van der Waals surface area (Å²) in [4.78, 5) is 18.8. The third kappa shape index (κ3) is 3.75. The fraction of sp³-hybridized carbons (Fsp3) is 0.222. The van der Waals surface area contributed by atoms with Crippen molar-refractivity contribution in [2.24, 2.45) is 0 Å². The minimum atomic E-state index is -0.0890.